The number of aryl methyl sites for hydroxylation is 1. The number of hydrogen-bond acceptors (Lipinski definition) is 1. The first-order valence-corrected chi connectivity index (χ1v) is 5.59. The van der Waals surface area contributed by atoms with E-state index < -0.39 is 0 Å². The van der Waals surface area contributed by atoms with E-state index in [4.69, 9.17) is 16.3 Å². The highest BCUT2D eigenvalue weighted by molar-refractivity contribution is 6.17. The average Bonchev–Trinajstić information content (AvgIpc) is 2.62. The van der Waals surface area contributed by atoms with Crippen LogP contribution in [0.15, 0.2) is 30.5 Å². The molecule has 3 heteroatoms. The Labute approximate surface area is 94.4 Å². The Morgan fingerprint density at radius 1 is 1.33 bits per heavy atom. The molecule has 0 fully saturated rings. The third-order valence-corrected chi connectivity index (χ3v) is 2.69. The Hall–Kier alpha value is -1.15. The van der Waals surface area contributed by atoms with Crippen molar-refractivity contribution < 1.29 is 4.74 Å². The average molecular weight is 224 g/mol. The second-order valence-electron chi connectivity index (χ2n) is 3.51. The Morgan fingerprint density at radius 3 is 3.00 bits per heavy atom. The zero-order chi connectivity index (χ0) is 10.7. The zero-order valence-electron chi connectivity index (χ0n) is 8.74. The van der Waals surface area contributed by atoms with Gasteiger partial charge in [0.05, 0.1) is 12.1 Å². The van der Waals surface area contributed by atoms with E-state index >= 15 is 0 Å². The summed E-state index contributed by atoms with van der Waals surface area (Å²) in [6, 6.07) is 8.17. The Kier molecular flexibility index (Phi) is 3.17. The van der Waals surface area contributed by atoms with Crippen LogP contribution in [0.1, 0.15) is 6.42 Å². The Bertz CT molecular complexity index is 450. The molecule has 0 spiro atoms. The van der Waals surface area contributed by atoms with Gasteiger partial charge in [-0.1, -0.05) is 6.07 Å². The summed E-state index contributed by atoms with van der Waals surface area (Å²) >= 11 is 5.61. The maximum Gasteiger partial charge on any atom is 0.128 e. The van der Waals surface area contributed by atoms with E-state index in [9.17, 15) is 0 Å². The fraction of sp³-hybridized carbons (Fsp3) is 0.333. The minimum atomic E-state index is 0.644. The molecule has 2 nitrogen and oxygen atoms in total. The molecule has 2 rings (SSSR count). The number of aromatic nitrogens is 1. The lowest BCUT2D eigenvalue weighted by Crippen LogP contribution is -1.98. The van der Waals surface area contributed by atoms with Crippen LogP contribution in [0.5, 0.6) is 5.75 Å². The molecule has 0 radical (unpaired) electrons. The lowest BCUT2D eigenvalue weighted by atomic mass is 10.2. The van der Waals surface area contributed by atoms with Crippen molar-refractivity contribution in [3.8, 4) is 5.75 Å². The van der Waals surface area contributed by atoms with Crippen LogP contribution in [0.3, 0.4) is 0 Å². The highest BCUT2D eigenvalue weighted by Gasteiger charge is 2.03. The van der Waals surface area contributed by atoms with Crippen molar-refractivity contribution in [3.05, 3.63) is 30.5 Å². The van der Waals surface area contributed by atoms with E-state index in [1.807, 2.05) is 25.4 Å². The smallest absolute Gasteiger partial charge is 0.128 e. The molecule has 0 amide bonds. The predicted octanol–water partition coefficient (Wildman–Crippen LogP) is 3.19. The van der Waals surface area contributed by atoms with Crippen molar-refractivity contribution in [1.29, 1.82) is 0 Å². The number of ether oxygens (including phenoxy) is 1. The van der Waals surface area contributed by atoms with Crippen LogP contribution < -0.4 is 4.74 Å². The third kappa shape index (κ3) is 2.10. The Morgan fingerprint density at radius 2 is 2.20 bits per heavy atom. The molecule has 15 heavy (non-hydrogen) atoms. The fourth-order valence-electron chi connectivity index (χ4n) is 1.64. The molecule has 0 atom stereocenters. The van der Waals surface area contributed by atoms with Crippen molar-refractivity contribution >= 4 is 22.5 Å². The quantitative estimate of drug-likeness (QED) is 0.574. The monoisotopic (exact) mass is 223 g/mol. The summed E-state index contributed by atoms with van der Waals surface area (Å²) < 4.78 is 7.76. The number of rotatable bonds is 4. The van der Waals surface area contributed by atoms with E-state index in [1.165, 1.54) is 5.52 Å². The number of nitrogens with zero attached hydrogens (tertiary/aromatic N) is 1. The van der Waals surface area contributed by atoms with Gasteiger partial charge in [-0.2, -0.15) is 0 Å². The standard InChI is InChI=1S/C12H14ClNO/c1-14-8-6-10-11(14)4-2-5-12(10)15-9-3-7-13/h2,4-6,8H,3,7,9H2,1H3. The van der Waals surface area contributed by atoms with Crippen molar-refractivity contribution in [1.82, 2.24) is 4.57 Å². The number of halogens is 1. The number of fused-ring (bicyclic) bond motifs is 1. The molecule has 0 aliphatic rings. The van der Waals surface area contributed by atoms with Crippen molar-refractivity contribution in [2.45, 2.75) is 6.42 Å². The topological polar surface area (TPSA) is 14.2 Å². The second kappa shape index (κ2) is 4.58. The van der Waals surface area contributed by atoms with Crippen LogP contribution in [0.2, 0.25) is 0 Å². The van der Waals surface area contributed by atoms with Crippen molar-refractivity contribution in [2.24, 2.45) is 7.05 Å². The van der Waals surface area contributed by atoms with Crippen LogP contribution in [0.4, 0.5) is 0 Å². The van der Waals surface area contributed by atoms with Crippen LogP contribution in [-0.4, -0.2) is 17.1 Å². The van der Waals surface area contributed by atoms with Crippen LogP contribution >= 0.6 is 11.6 Å². The minimum absolute atomic E-state index is 0.644. The van der Waals surface area contributed by atoms with Gasteiger partial charge in [0.15, 0.2) is 0 Å². The molecule has 0 unspecified atom stereocenters. The van der Waals surface area contributed by atoms with Gasteiger partial charge in [-0.3, -0.25) is 0 Å². The summed E-state index contributed by atoms with van der Waals surface area (Å²) in [6.45, 7) is 0.678. The molecule has 1 aromatic carbocycles. The molecule has 1 aromatic heterocycles. The fourth-order valence-corrected chi connectivity index (χ4v) is 1.75. The first-order chi connectivity index (χ1) is 7.33. The lowest BCUT2D eigenvalue weighted by molar-refractivity contribution is 0.322. The largest absolute Gasteiger partial charge is 0.493 e. The highest BCUT2D eigenvalue weighted by Crippen LogP contribution is 2.25. The minimum Gasteiger partial charge on any atom is -0.493 e. The van der Waals surface area contributed by atoms with E-state index in [0.717, 1.165) is 17.6 Å². The van der Waals surface area contributed by atoms with Gasteiger partial charge in [0.25, 0.3) is 0 Å². The molecule has 0 saturated heterocycles. The third-order valence-electron chi connectivity index (χ3n) is 2.42. The van der Waals surface area contributed by atoms with E-state index in [2.05, 4.69) is 16.7 Å². The van der Waals surface area contributed by atoms with Gasteiger partial charge in [-0.25, -0.2) is 0 Å². The van der Waals surface area contributed by atoms with E-state index in [0.29, 0.717) is 12.5 Å². The molecule has 0 aliphatic carbocycles. The molecule has 1 heterocycles. The van der Waals surface area contributed by atoms with Crippen molar-refractivity contribution in [3.63, 3.8) is 0 Å². The molecule has 0 N–H and O–H groups in total. The normalized spacial score (nSPS) is 10.8. The summed E-state index contributed by atoms with van der Waals surface area (Å²) in [5.74, 6) is 1.59. The molecule has 0 aliphatic heterocycles. The highest BCUT2D eigenvalue weighted by atomic mass is 35.5. The predicted molar refractivity (Wildman–Crippen MR) is 63.8 cm³/mol. The van der Waals surface area contributed by atoms with Gasteiger partial charge in [0.1, 0.15) is 5.75 Å². The lowest BCUT2D eigenvalue weighted by Gasteiger charge is -2.06. The number of alkyl halides is 1. The second-order valence-corrected chi connectivity index (χ2v) is 3.88. The summed E-state index contributed by atoms with van der Waals surface area (Å²) in [4.78, 5) is 0. The summed E-state index contributed by atoms with van der Waals surface area (Å²) in [7, 11) is 2.03. The summed E-state index contributed by atoms with van der Waals surface area (Å²) in [5.41, 5.74) is 1.19. The molecule has 0 bridgehead atoms. The van der Waals surface area contributed by atoms with E-state index in [1.54, 1.807) is 0 Å². The van der Waals surface area contributed by atoms with Gasteiger partial charge in [-0.05, 0) is 24.6 Å². The first-order valence-electron chi connectivity index (χ1n) is 5.06. The zero-order valence-corrected chi connectivity index (χ0v) is 9.50. The van der Waals surface area contributed by atoms with Crippen LogP contribution in [0.25, 0.3) is 10.9 Å². The number of benzene rings is 1. The summed E-state index contributed by atoms with van der Waals surface area (Å²) in [6.07, 6.45) is 2.92. The van der Waals surface area contributed by atoms with Gasteiger partial charge in [0, 0.05) is 24.5 Å². The summed E-state index contributed by atoms with van der Waals surface area (Å²) in [5, 5.41) is 1.16. The first kappa shape index (κ1) is 10.4. The van der Waals surface area contributed by atoms with Gasteiger partial charge < -0.3 is 9.30 Å². The molecular formula is C12H14ClNO. The van der Waals surface area contributed by atoms with Crippen LogP contribution in [0, 0.1) is 0 Å². The molecule has 80 valence electrons. The van der Waals surface area contributed by atoms with E-state index in [-0.39, 0.29) is 0 Å². The molecule has 2 aromatic rings. The SMILES string of the molecule is Cn1ccc2c(OCCCCl)cccc21. The maximum absolute atomic E-state index is 5.68. The van der Waals surface area contributed by atoms with Gasteiger partial charge in [0.2, 0.25) is 0 Å². The Balaban J connectivity index is 2.26. The van der Waals surface area contributed by atoms with Crippen LogP contribution in [-0.2, 0) is 7.05 Å². The number of hydrogen-bond donors (Lipinski definition) is 0. The molecular weight excluding hydrogens is 210 g/mol. The maximum atomic E-state index is 5.68. The van der Waals surface area contributed by atoms with Gasteiger partial charge >= 0.3 is 0 Å². The van der Waals surface area contributed by atoms with Crippen molar-refractivity contribution in [2.75, 3.05) is 12.5 Å². The molecule has 0 saturated carbocycles. The van der Waals surface area contributed by atoms with Gasteiger partial charge in [-0.15, -0.1) is 11.6 Å².